The maximum Gasteiger partial charge on any atom is 0.277 e. The molecule has 0 aliphatic carbocycles. The SMILES string of the molecule is C[C@@H](NC(=O)c1cc2ccc(Cl)cc2n1C)c1cnc(C(N)=O)s1. The molecule has 3 aromatic rings. The van der Waals surface area contributed by atoms with E-state index in [1.54, 1.807) is 16.8 Å². The van der Waals surface area contributed by atoms with Gasteiger partial charge in [0.05, 0.1) is 6.04 Å². The van der Waals surface area contributed by atoms with E-state index in [1.165, 1.54) is 11.3 Å². The van der Waals surface area contributed by atoms with Gasteiger partial charge in [-0.2, -0.15) is 0 Å². The number of thiazole rings is 1. The largest absolute Gasteiger partial charge is 0.364 e. The van der Waals surface area contributed by atoms with Crippen LogP contribution in [-0.2, 0) is 7.05 Å². The summed E-state index contributed by atoms with van der Waals surface area (Å²) in [5, 5.41) is 4.69. The van der Waals surface area contributed by atoms with E-state index in [-0.39, 0.29) is 17.0 Å². The van der Waals surface area contributed by atoms with Crippen molar-refractivity contribution in [2.75, 3.05) is 0 Å². The molecule has 0 aliphatic rings. The average molecular weight is 363 g/mol. The molecule has 124 valence electrons. The zero-order valence-electron chi connectivity index (χ0n) is 13.0. The molecule has 0 saturated carbocycles. The van der Waals surface area contributed by atoms with E-state index in [4.69, 9.17) is 17.3 Å². The van der Waals surface area contributed by atoms with Gasteiger partial charge in [0.15, 0.2) is 5.01 Å². The predicted octanol–water partition coefficient (Wildman–Crippen LogP) is 2.88. The van der Waals surface area contributed by atoms with Crippen LogP contribution in [0.3, 0.4) is 0 Å². The van der Waals surface area contributed by atoms with E-state index in [0.717, 1.165) is 15.8 Å². The van der Waals surface area contributed by atoms with Crippen LogP contribution in [0.2, 0.25) is 5.02 Å². The van der Waals surface area contributed by atoms with Gasteiger partial charge in [0.2, 0.25) is 0 Å². The Morgan fingerprint density at radius 2 is 2.12 bits per heavy atom. The maximum absolute atomic E-state index is 12.6. The minimum atomic E-state index is -0.574. The Kier molecular flexibility index (Phi) is 4.29. The summed E-state index contributed by atoms with van der Waals surface area (Å²) in [4.78, 5) is 28.4. The third kappa shape index (κ3) is 3.00. The first kappa shape index (κ1) is 16.5. The standard InChI is InChI=1S/C16H15ClN4O2S/c1-8(13-7-19-16(24-13)14(18)22)20-15(23)12-5-9-3-4-10(17)6-11(9)21(12)2/h3-8H,1-2H3,(H2,18,22)(H,20,23)/t8-/m1/s1. The van der Waals surface area contributed by atoms with Crippen molar-refractivity contribution in [1.29, 1.82) is 0 Å². The maximum atomic E-state index is 12.6. The van der Waals surface area contributed by atoms with E-state index in [0.29, 0.717) is 10.7 Å². The van der Waals surface area contributed by atoms with Crippen LogP contribution in [0, 0.1) is 0 Å². The monoisotopic (exact) mass is 362 g/mol. The summed E-state index contributed by atoms with van der Waals surface area (Å²) in [5.41, 5.74) is 6.61. The molecular weight excluding hydrogens is 348 g/mol. The molecular formula is C16H15ClN4O2S. The van der Waals surface area contributed by atoms with Crippen molar-refractivity contribution >= 4 is 45.7 Å². The highest BCUT2D eigenvalue weighted by Gasteiger charge is 2.18. The van der Waals surface area contributed by atoms with E-state index >= 15 is 0 Å². The minimum Gasteiger partial charge on any atom is -0.364 e. The number of benzene rings is 1. The first-order chi connectivity index (χ1) is 11.4. The van der Waals surface area contributed by atoms with Crippen LogP contribution in [0.15, 0.2) is 30.5 Å². The number of carbonyl (C=O) groups excluding carboxylic acids is 2. The van der Waals surface area contributed by atoms with Gasteiger partial charge < -0.3 is 15.6 Å². The molecule has 2 heterocycles. The number of nitrogens with zero attached hydrogens (tertiary/aromatic N) is 2. The molecule has 0 aliphatic heterocycles. The summed E-state index contributed by atoms with van der Waals surface area (Å²) in [6, 6.07) is 7.01. The normalized spacial score (nSPS) is 12.3. The number of halogens is 1. The number of aryl methyl sites for hydroxylation is 1. The Hall–Kier alpha value is -2.38. The summed E-state index contributed by atoms with van der Waals surface area (Å²) in [6.07, 6.45) is 1.55. The molecule has 1 aromatic carbocycles. The Labute approximate surface area is 147 Å². The molecule has 24 heavy (non-hydrogen) atoms. The predicted molar refractivity (Wildman–Crippen MR) is 94.4 cm³/mol. The number of nitrogens with one attached hydrogen (secondary N) is 1. The van der Waals surface area contributed by atoms with Crippen LogP contribution in [0.5, 0.6) is 0 Å². The lowest BCUT2D eigenvalue weighted by Gasteiger charge is -2.12. The first-order valence-electron chi connectivity index (χ1n) is 7.18. The molecule has 0 unspecified atom stereocenters. The molecule has 0 saturated heterocycles. The second-order valence-electron chi connectivity index (χ2n) is 5.42. The van der Waals surface area contributed by atoms with Crippen molar-refractivity contribution in [3.63, 3.8) is 0 Å². The number of carbonyl (C=O) groups is 2. The van der Waals surface area contributed by atoms with Crippen molar-refractivity contribution in [2.45, 2.75) is 13.0 Å². The van der Waals surface area contributed by atoms with Gasteiger partial charge in [-0.05, 0) is 25.1 Å². The van der Waals surface area contributed by atoms with Gasteiger partial charge in [-0.25, -0.2) is 4.98 Å². The van der Waals surface area contributed by atoms with E-state index in [1.807, 2.05) is 32.2 Å². The Morgan fingerprint density at radius 1 is 1.38 bits per heavy atom. The van der Waals surface area contributed by atoms with Crippen LogP contribution >= 0.6 is 22.9 Å². The highest BCUT2D eigenvalue weighted by Crippen LogP contribution is 2.24. The van der Waals surface area contributed by atoms with Crippen LogP contribution in [-0.4, -0.2) is 21.4 Å². The topological polar surface area (TPSA) is 90.0 Å². The number of rotatable bonds is 4. The fourth-order valence-corrected chi connectivity index (χ4v) is 3.40. The Balaban J connectivity index is 1.84. The lowest BCUT2D eigenvalue weighted by Crippen LogP contribution is -2.27. The summed E-state index contributed by atoms with van der Waals surface area (Å²) in [7, 11) is 1.82. The lowest BCUT2D eigenvalue weighted by atomic mass is 10.2. The van der Waals surface area contributed by atoms with Gasteiger partial charge in [-0.1, -0.05) is 17.7 Å². The third-order valence-corrected chi connectivity index (χ3v) is 5.18. The highest BCUT2D eigenvalue weighted by molar-refractivity contribution is 7.13. The molecule has 6 nitrogen and oxygen atoms in total. The van der Waals surface area contributed by atoms with Crippen LogP contribution in [0.4, 0.5) is 0 Å². The van der Waals surface area contributed by atoms with Crippen LogP contribution in [0.25, 0.3) is 10.9 Å². The van der Waals surface area contributed by atoms with Gasteiger partial charge >= 0.3 is 0 Å². The van der Waals surface area contributed by atoms with Gasteiger partial charge in [-0.15, -0.1) is 11.3 Å². The molecule has 0 fully saturated rings. The fraction of sp³-hybridized carbons (Fsp3) is 0.188. The molecule has 0 spiro atoms. The molecule has 0 bridgehead atoms. The lowest BCUT2D eigenvalue weighted by molar-refractivity contribution is 0.0931. The van der Waals surface area contributed by atoms with Crippen LogP contribution < -0.4 is 11.1 Å². The van der Waals surface area contributed by atoms with Crippen molar-refractivity contribution in [3.05, 3.63) is 51.1 Å². The Morgan fingerprint density at radius 3 is 2.79 bits per heavy atom. The zero-order valence-corrected chi connectivity index (χ0v) is 14.6. The summed E-state index contributed by atoms with van der Waals surface area (Å²) in [5.74, 6) is -0.790. The number of aromatic nitrogens is 2. The summed E-state index contributed by atoms with van der Waals surface area (Å²) in [6.45, 7) is 1.83. The van der Waals surface area contributed by atoms with Crippen LogP contribution in [0.1, 0.15) is 38.1 Å². The second kappa shape index (κ2) is 6.26. The number of hydrogen-bond donors (Lipinski definition) is 2. The second-order valence-corrected chi connectivity index (χ2v) is 6.92. The number of primary amides is 1. The van der Waals surface area contributed by atoms with Crippen molar-refractivity contribution < 1.29 is 9.59 Å². The first-order valence-corrected chi connectivity index (χ1v) is 8.37. The zero-order chi connectivity index (χ0) is 17.4. The highest BCUT2D eigenvalue weighted by atomic mass is 35.5. The van der Waals surface area contributed by atoms with Crippen molar-refractivity contribution in [3.8, 4) is 0 Å². The van der Waals surface area contributed by atoms with E-state index in [2.05, 4.69) is 10.3 Å². The molecule has 2 aromatic heterocycles. The number of fused-ring (bicyclic) bond motifs is 1. The quantitative estimate of drug-likeness (QED) is 0.747. The average Bonchev–Trinajstić information content (AvgIpc) is 3.13. The van der Waals surface area contributed by atoms with Crippen molar-refractivity contribution in [2.24, 2.45) is 12.8 Å². The summed E-state index contributed by atoms with van der Waals surface area (Å²) < 4.78 is 1.80. The molecule has 3 N–H and O–H groups in total. The smallest absolute Gasteiger partial charge is 0.277 e. The van der Waals surface area contributed by atoms with E-state index in [9.17, 15) is 9.59 Å². The number of hydrogen-bond acceptors (Lipinski definition) is 4. The molecule has 8 heteroatoms. The van der Waals surface area contributed by atoms with Gasteiger partial charge in [0, 0.05) is 34.0 Å². The van der Waals surface area contributed by atoms with Crippen molar-refractivity contribution in [1.82, 2.24) is 14.9 Å². The number of nitrogens with two attached hydrogens (primary N) is 1. The Bertz CT molecular complexity index is 947. The third-order valence-electron chi connectivity index (χ3n) is 3.75. The molecule has 2 amide bonds. The van der Waals surface area contributed by atoms with E-state index < -0.39 is 5.91 Å². The molecule has 0 radical (unpaired) electrons. The minimum absolute atomic E-state index is 0.216. The molecule has 1 atom stereocenters. The fourth-order valence-electron chi connectivity index (χ4n) is 2.46. The summed E-state index contributed by atoms with van der Waals surface area (Å²) >= 11 is 7.19. The molecule has 3 rings (SSSR count). The van der Waals surface area contributed by atoms with Gasteiger partial charge in [0.1, 0.15) is 5.69 Å². The van der Waals surface area contributed by atoms with Gasteiger partial charge in [-0.3, -0.25) is 9.59 Å². The number of amides is 2. The van der Waals surface area contributed by atoms with Gasteiger partial charge in [0.25, 0.3) is 11.8 Å².